The van der Waals surface area contributed by atoms with E-state index in [9.17, 15) is 18.0 Å². The summed E-state index contributed by atoms with van der Waals surface area (Å²) >= 11 is 3.37. The fraction of sp³-hybridized carbons (Fsp3) is 0.462. The number of hydrogen-bond donors (Lipinski definition) is 1. The second kappa shape index (κ2) is 12.0. The second-order valence-corrected chi connectivity index (χ2v) is 12.0. The van der Waals surface area contributed by atoms with Crippen LogP contribution in [0.4, 0.5) is 5.69 Å². The highest BCUT2D eigenvalue weighted by molar-refractivity contribution is 9.10. The molecule has 1 N–H and O–H groups in total. The maximum absolute atomic E-state index is 13.7. The number of hydrogen-bond acceptors (Lipinski definition) is 4. The zero-order valence-corrected chi connectivity index (χ0v) is 22.9. The predicted molar refractivity (Wildman–Crippen MR) is 143 cm³/mol. The molecule has 0 aliphatic heterocycles. The van der Waals surface area contributed by atoms with Crippen molar-refractivity contribution in [1.82, 2.24) is 10.2 Å². The predicted octanol–water partition coefficient (Wildman–Crippen LogP) is 4.39. The summed E-state index contributed by atoms with van der Waals surface area (Å²) in [4.78, 5) is 28.5. The zero-order valence-electron chi connectivity index (χ0n) is 20.5. The Morgan fingerprint density at radius 3 is 2.34 bits per heavy atom. The molecule has 1 saturated carbocycles. The van der Waals surface area contributed by atoms with Crippen molar-refractivity contribution in [3.63, 3.8) is 0 Å². The highest BCUT2D eigenvalue weighted by Gasteiger charge is 2.33. The monoisotopic (exact) mass is 563 g/mol. The van der Waals surface area contributed by atoms with Crippen molar-refractivity contribution >= 4 is 43.5 Å². The summed E-state index contributed by atoms with van der Waals surface area (Å²) in [7, 11) is -3.75. The maximum Gasteiger partial charge on any atom is 0.244 e. The minimum atomic E-state index is -3.75. The van der Waals surface area contributed by atoms with Gasteiger partial charge < -0.3 is 10.2 Å². The van der Waals surface area contributed by atoms with E-state index in [0.29, 0.717) is 16.6 Å². The van der Waals surface area contributed by atoms with E-state index in [1.165, 1.54) is 4.90 Å². The molecule has 0 heterocycles. The first kappa shape index (κ1) is 27.2. The molecule has 2 amide bonds. The molecule has 2 aromatic rings. The number of aryl methyl sites for hydroxylation is 1. The molecule has 7 nitrogen and oxygen atoms in total. The van der Waals surface area contributed by atoms with E-state index in [2.05, 4.69) is 21.2 Å². The van der Waals surface area contributed by atoms with E-state index >= 15 is 0 Å². The molecular weight excluding hydrogens is 530 g/mol. The Balaban J connectivity index is 1.91. The van der Waals surface area contributed by atoms with Crippen molar-refractivity contribution in [3.05, 3.63) is 64.1 Å². The van der Waals surface area contributed by atoms with Gasteiger partial charge >= 0.3 is 0 Å². The van der Waals surface area contributed by atoms with Gasteiger partial charge in [-0.2, -0.15) is 0 Å². The minimum Gasteiger partial charge on any atom is -0.352 e. The Labute approximate surface area is 217 Å². The molecule has 1 unspecified atom stereocenters. The molecule has 1 aliphatic rings. The summed E-state index contributed by atoms with van der Waals surface area (Å²) in [5.41, 5.74) is 2.36. The average Bonchev–Trinajstić information content (AvgIpc) is 3.30. The van der Waals surface area contributed by atoms with Crippen LogP contribution in [0.15, 0.2) is 53.0 Å². The first-order valence-corrected chi connectivity index (χ1v) is 14.6. The lowest BCUT2D eigenvalue weighted by atomic mass is 10.1. The second-order valence-electron chi connectivity index (χ2n) is 9.17. The lowest BCUT2D eigenvalue weighted by Gasteiger charge is -2.33. The van der Waals surface area contributed by atoms with E-state index in [1.807, 2.05) is 38.1 Å². The van der Waals surface area contributed by atoms with E-state index < -0.39 is 28.5 Å². The first-order valence-electron chi connectivity index (χ1n) is 12.0. The first-order chi connectivity index (χ1) is 16.6. The summed E-state index contributed by atoms with van der Waals surface area (Å²) in [5.74, 6) is -0.613. The number of carbonyl (C=O) groups excluding carboxylic acids is 2. The summed E-state index contributed by atoms with van der Waals surface area (Å²) in [6.07, 6.45) is 5.56. The number of carbonyl (C=O) groups is 2. The number of halogens is 1. The molecule has 0 radical (unpaired) electrons. The van der Waals surface area contributed by atoms with Gasteiger partial charge in [-0.25, -0.2) is 8.42 Å². The molecule has 190 valence electrons. The topological polar surface area (TPSA) is 86.8 Å². The number of anilines is 1. The largest absolute Gasteiger partial charge is 0.352 e. The van der Waals surface area contributed by atoms with Gasteiger partial charge in [-0.1, -0.05) is 71.6 Å². The van der Waals surface area contributed by atoms with Gasteiger partial charge in [0.15, 0.2) is 0 Å². The van der Waals surface area contributed by atoms with Crippen LogP contribution in [-0.4, -0.2) is 50.0 Å². The van der Waals surface area contributed by atoms with E-state index in [1.54, 1.807) is 24.3 Å². The lowest BCUT2D eigenvalue weighted by molar-refractivity contribution is -0.140. The molecule has 2 aromatic carbocycles. The van der Waals surface area contributed by atoms with Gasteiger partial charge in [0.1, 0.15) is 12.6 Å². The SMILES string of the molecule is CCC(C(=O)NC1CCCC1)N(Cc1ccc(C)cc1)C(=O)CN(c1cccc(Br)c1)S(C)(=O)=O. The normalized spacial score (nSPS) is 15.0. The number of amides is 2. The van der Waals surface area contributed by atoms with E-state index in [0.717, 1.165) is 47.4 Å². The van der Waals surface area contributed by atoms with Crippen LogP contribution in [0.5, 0.6) is 0 Å². The Morgan fingerprint density at radius 1 is 1.11 bits per heavy atom. The fourth-order valence-electron chi connectivity index (χ4n) is 4.42. The minimum absolute atomic E-state index is 0.127. The van der Waals surface area contributed by atoms with Crippen molar-refractivity contribution < 1.29 is 18.0 Å². The standard InChI is InChI=1S/C26H34BrN3O4S/c1-4-24(26(32)28-22-9-5-6-10-22)29(17-20-14-12-19(2)13-15-20)25(31)18-30(35(3,33)34)23-11-7-8-21(27)16-23/h7-8,11-16,22,24H,4-6,9-10,17-18H2,1-3H3,(H,28,32). The molecule has 0 spiro atoms. The molecule has 35 heavy (non-hydrogen) atoms. The number of rotatable bonds is 10. The van der Waals surface area contributed by atoms with Crippen LogP contribution in [0.2, 0.25) is 0 Å². The van der Waals surface area contributed by atoms with Gasteiger partial charge in [0.2, 0.25) is 21.8 Å². The number of benzene rings is 2. The number of nitrogens with zero attached hydrogens (tertiary/aromatic N) is 2. The van der Waals surface area contributed by atoms with Crippen molar-refractivity contribution in [3.8, 4) is 0 Å². The van der Waals surface area contributed by atoms with Crippen molar-refractivity contribution in [1.29, 1.82) is 0 Å². The summed E-state index contributed by atoms with van der Waals surface area (Å²) < 4.78 is 27.1. The van der Waals surface area contributed by atoms with Crippen molar-refractivity contribution in [2.75, 3.05) is 17.1 Å². The third-order valence-electron chi connectivity index (χ3n) is 6.34. The Bertz CT molecular complexity index is 1130. The van der Waals surface area contributed by atoms with Gasteiger partial charge in [0.25, 0.3) is 0 Å². The zero-order chi connectivity index (χ0) is 25.6. The third kappa shape index (κ3) is 7.54. The summed E-state index contributed by atoms with van der Waals surface area (Å²) in [6, 6.07) is 14.0. The van der Waals surface area contributed by atoms with E-state index in [-0.39, 0.29) is 18.5 Å². The Morgan fingerprint density at radius 2 is 1.77 bits per heavy atom. The summed E-state index contributed by atoms with van der Waals surface area (Å²) in [6.45, 7) is 3.68. The van der Waals surface area contributed by atoms with Gasteiger partial charge in [-0.3, -0.25) is 13.9 Å². The van der Waals surface area contributed by atoms with Crippen LogP contribution in [0.3, 0.4) is 0 Å². The Kier molecular flexibility index (Phi) is 9.35. The van der Waals surface area contributed by atoms with Crippen LogP contribution in [-0.2, 0) is 26.2 Å². The molecule has 0 aromatic heterocycles. The number of sulfonamides is 1. The highest BCUT2D eigenvalue weighted by atomic mass is 79.9. The molecular formula is C26H34BrN3O4S. The quantitative estimate of drug-likeness (QED) is 0.464. The van der Waals surface area contributed by atoms with Crippen LogP contribution in [0, 0.1) is 6.92 Å². The average molecular weight is 565 g/mol. The van der Waals surface area contributed by atoms with Gasteiger partial charge in [-0.05, 0) is 49.9 Å². The van der Waals surface area contributed by atoms with Crippen molar-refractivity contribution in [2.24, 2.45) is 0 Å². The highest BCUT2D eigenvalue weighted by Crippen LogP contribution is 2.24. The van der Waals surface area contributed by atoms with Crippen LogP contribution < -0.4 is 9.62 Å². The van der Waals surface area contributed by atoms with Crippen LogP contribution in [0.25, 0.3) is 0 Å². The van der Waals surface area contributed by atoms with E-state index in [4.69, 9.17) is 0 Å². The molecule has 1 fully saturated rings. The molecule has 3 rings (SSSR count). The van der Waals surface area contributed by atoms with Crippen LogP contribution >= 0.6 is 15.9 Å². The smallest absolute Gasteiger partial charge is 0.244 e. The van der Waals surface area contributed by atoms with Gasteiger partial charge in [-0.15, -0.1) is 0 Å². The molecule has 0 saturated heterocycles. The fourth-order valence-corrected chi connectivity index (χ4v) is 5.65. The molecule has 1 aliphatic carbocycles. The molecule has 1 atom stereocenters. The van der Waals surface area contributed by atoms with Gasteiger partial charge in [0, 0.05) is 17.1 Å². The van der Waals surface area contributed by atoms with Crippen LogP contribution in [0.1, 0.15) is 50.2 Å². The summed E-state index contributed by atoms with van der Waals surface area (Å²) in [5, 5.41) is 3.11. The molecule has 0 bridgehead atoms. The molecule has 9 heteroatoms. The van der Waals surface area contributed by atoms with Gasteiger partial charge in [0.05, 0.1) is 11.9 Å². The third-order valence-corrected chi connectivity index (χ3v) is 7.97. The number of nitrogens with one attached hydrogen (secondary N) is 1. The lowest BCUT2D eigenvalue weighted by Crippen LogP contribution is -2.53. The maximum atomic E-state index is 13.7. The Hall–Kier alpha value is -2.39. The van der Waals surface area contributed by atoms with Crippen molar-refractivity contribution in [2.45, 2.75) is 64.6 Å².